The Balaban J connectivity index is 1.50. The average Bonchev–Trinajstić information content (AvgIpc) is 3.19. The quantitative estimate of drug-likeness (QED) is 0.191. The molecule has 0 aliphatic carbocycles. The summed E-state index contributed by atoms with van der Waals surface area (Å²) in [5.74, 6) is -0.361. The van der Waals surface area contributed by atoms with Crippen LogP contribution in [0.3, 0.4) is 0 Å². The van der Waals surface area contributed by atoms with Crippen molar-refractivity contribution in [1.29, 1.82) is 0 Å². The van der Waals surface area contributed by atoms with E-state index in [1.54, 1.807) is 13.0 Å². The third-order valence-corrected chi connectivity index (χ3v) is 6.30. The number of nitro benzene ring substituents is 1. The number of aromatic nitrogens is 2. The number of nitrogens with one attached hydrogen (secondary N) is 2. The van der Waals surface area contributed by atoms with Crippen molar-refractivity contribution in [3.05, 3.63) is 79.9 Å². The summed E-state index contributed by atoms with van der Waals surface area (Å²) in [6.45, 7) is 1.75. The first-order valence-electron chi connectivity index (χ1n) is 9.17. The Morgan fingerprint density at radius 3 is 2.77 bits per heavy atom. The van der Waals surface area contributed by atoms with Gasteiger partial charge in [0, 0.05) is 23.1 Å². The molecule has 2 aromatic carbocycles. The molecular weight excluding hydrogens is 436 g/mol. The minimum Gasteiger partial charge on any atom is -0.325 e. The van der Waals surface area contributed by atoms with Gasteiger partial charge in [-0.1, -0.05) is 48.2 Å². The van der Waals surface area contributed by atoms with Crippen LogP contribution < -0.4 is 10.9 Å². The van der Waals surface area contributed by atoms with E-state index in [2.05, 4.69) is 15.3 Å². The molecule has 31 heavy (non-hydrogen) atoms. The third kappa shape index (κ3) is 4.49. The van der Waals surface area contributed by atoms with Gasteiger partial charge < -0.3 is 10.3 Å². The number of thiophene rings is 1. The number of H-pyrrole nitrogens is 1. The van der Waals surface area contributed by atoms with E-state index in [1.807, 2.05) is 35.7 Å². The Labute approximate surface area is 184 Å². The van der Waals surface area contributed by atoms with Crippen LogP contribution in [0.2, 0.25) is 0 Å². The van der Waals surface area contributed by atoms with Gasteiger partial charge in [-0.2, -0.15) is 0 Å². The average molecular weight is 453 g/mol. The van der Waals surface area contributed by atoms with Crippen molar-refractivity contribution >= 4 is 50.6 Å². The van der Waals surface area contributed by atoms with Crippen LogP contribution in [-0.2, 0) is 4.79 Å². The Hall–Kier alpha value is -3.50. The Bertz CT molecular complexity index is 1350. The van der Waals surface area contributed by atoms with Crippen molar-refractivity contribution in [2.45, 2.75) is 12.1 Å². The maximum Gasteiger partial charge on any atom is 0.271 e. The fourth-order valence-corrected chi connectivity index (χ4v) is 4.67. The number of carbonyl (C=O) groups is 1. The van der Waals surface area contributed by atoms with E-state index in [1.165, 1.54) is 23.5 Å². The number of aromatic amines is 1. The first-order valence-corrected chi connectivity index (χ1v) is 11.0. The lowest BCUT2D eigenvalue weighted by atomic mass is 10.1. The molecule has 0 saturated heterocycles. The predicted octanol–water partition coefficient (Wildman–Crippen LogP) is 4.60. The smallest absolute Gasteiger partial charge is 0.271 e. The van der Waals surface area contributed by atoms with Gasteiger partial charge in [-0.15, -0.1) is 11.3 Å². The molecule has 0 aliphatic rings. The van der Waals surface area contributed by atoms with Crippen LogP contribution in [0.5, 0.6) is 0 Å². The second-order valence-corrected chi connectivity index (χ2v) is 8.48. The summed E-state index contributed by atoms with van der Waals surface area (Å²) in [5.41, 5.74) is 2.49. The van der Waals surface area contributed by atoms with E-state index in [0.717, 1.165) is 22.9 Å². The summed E-state index contributed by atoms with van der Waals surface area (Å²) in [4.78, 5) is 43.2. The molecule has 1 amide bonds. The molecule has 0 fully saturated rings. The van der Waals surface area contributed by atoms with Crippen LogP contribution in [0.1, 0.15) is 5.56 Å². The number of nitrogens with zero attached hydrogens (tertiary/aromatic N) is 2. The van der Waals surface area contributed by atoms with Crippen LogP contribution >= 0.6 is 23.1 Å². The zero-order valence-electron chi connectivity index (χ0n) is 16.2. The lowest BCUT2D eigenvalue weighted by molar-refractivity contribution is -0.384. The second-order valence-electron chi connectivity index (χ2n) is 6.66. The van der Waals surface area contributed by atoms with Crippen molar-refractivity contribution in [2.24, 2.45) is 0 Å². The Morgan fingerprint density at radius 2 is 2.03 bits per heavy atom. The highest BCUT2D eigenvalue weighted by molar-refractivity contribution is 7.99. The zero-order valence-corrected chi connectivity index (χ0v) is 17.9. The number of carbonyl (C=O) groups excluding carboxylic acids is 1. The Morgan fingerprint density at radius 1 is 1.26 bits per heavy atom. The highest BCUT2D eigenvalue weighted by Crippen LogP contribution is 2.31. The van der Waals surface area contributed by atoms with Crippen molar-refractivity contribution in [3.63, 3.8) is 0 Å². The van der Waals surface area contributed by atoms with Gasteiger partial charge in [-0.05, 0) is 18.1 Å². The maximum absolute atomic E-state index is 12.7. The largest absolute Gasteiger partial charge is 0.325 e. The molecule has 0 unspecified atom stereocenters. The summed E-state index contributed by atoms with van der Waals surface area (Å²) in [5, 5.41) is 16.4. The van der Waals surface area contributed by atoms with Crippen molar-refractivity contribution in [3.8, 4) is 11.1 Å². The molecular formula is C21H16N4O4S2. The van der Waals surface area contributed by atoms with E-state index in [9.17, 15) is 19.7 Å². The number of fused-ring (bicyclic) bond motifs is 1. The molecule has 10 heteroatoms. The predicted molar refractivity (Wildman–Crippen MR) is 123 cm³/mol. The fourth-order valence-electron chi connectivity index (χ4n) is 3.01. The van der Waals surface area contributed by atoms with Crippen LogP contribution in [0, 0.1) is 17.0 Å². The minimum atomic E-state index is -0.515. The maximum atomic E-state index is 12.7. The fraction of sp³-hybridized carbons (Fsp3) is 0.0952. The second kappa shape index (κ2) is 8.70. The van der Waals surface area contributed by atoms with Gasteiger partial charge >= 0.3 is 0 Å². The van der Waals surface area contributed by atoms with Crippen LogP contribution in [0.25, 0.3) is 21.3 Å². The molecule has 8 nitrogen and oxygen atoms in total. The third-order valence-electron chi connectivity index (χ3n) is 4.55. The highest BCUT2D eigenvalue weighted by Gasteiger charge is 2.15. The molecule has 2 aromatic heterocycles. The van der Waals surface area contributed by atoms with Gasteiger partial charge in [-0.3, -0.25) is 19.7 Å². The zero-order chi connectivity index (χ0) is 22.0. The molecule has 4 rings (SSSR count). The summed E-state index contributed by atoms with van der Waals surface area (Å²) in [6.07, 6.45) is 0. The monoisotopic (exact) mass is 452 g/mol. The number of amides is 1. The van der Waals surface area contributed by atoms with Gasteiger partial charge in [0.25, 0.3) is 11.2 Å². The number of hydrogen-bond donors (Lipinski definition) is 2. The standard InChI is InChI=1S/C21H16N4O4S2/c1-12-7-8-14(25(28)29)9-16(12)22-17(26)11-31-21-23-19(27)18-15(10-30-20(18)24-21)13-5-3-2-4-6-13/h2-10H,11H2,1H3,(H,22,26)(H,23,24,27). The number of aryl methyl sites for hydroxylation is 1. The number of thioether (sulfide) groups is 1. The topological polar surface area (TPSA) is 118 Å². The summed E-state index contributed by atoms with van der Waals surface area (Å²) in [7, 11) is 0. The molecule has 4 aromatic rings. The summed E-state index contributed by atoms with van der Waals surface area (Å²) in [6, 6.07) is 13.9. The number of hydrogen-bond acceptors (Lipinski definition) is 7. The number of nitro groups is 1. The number of non-ortho nitro benzene ring substituents is 1. The molecule has 156 valence electrons. The lowest BCUT2D eigenvalue weighted by Crippen LogP contribution is -2.16. The molecule has 2 heterocycles. The summed E-state index contributed by atoms with van der Waals surface area (Å²) < 4.78 is 0. The Kier molecular flexibility index (Phi) is 5.83. The van der Waals surface area contributed by atoms with Crippen molar-refractivity contribution < 1.29 is 9.72 Å². The van der Waals surface area contributed by atoms with E-state index in [4.69, 9.17) is 0 Å². The van der Waals surface area contributed by atoms with E-state index < -0.39 is 4.92 Å². The molecule has 0 radical (unpaired) electrons. The molecule has 0 bridgehead atoms. The van der Waals surface area contributed by atoms with Crippen molar-refractivity contribution in [1.82, 2.24) is 9.97 Å². The number of benzene rings is 2. The first-order chi connectivity index (χ1) is 14.9. The van der Waals surface area contributed by atoms with Gasteiger partial charge in [0.05, 0.1) is 21.7 Å². The molecule has 2 N–H and O–H groups in total. The van der Waals surface area contributed by atoms with Gasteiger partial charge in [0.15, 0.2) is 5.16 Å². The minimum absolute atomic E-state index is 0.00645. The van der Waals surface area contributed by atoms with Crippen LogP contribution in [0.15, 0.2) is 63.9 Å². The number of anilines is 1. The van der Waals surface area contributed by atoms with E-state index in [0.29, 0.717) is 26.6 Å². The van der Waals surface area contributed by atoms with Gasteiger partial charge in [-0.25, -0.2) is 4.98 Å². The first kappa shape index (κ1) is 20.8. The van der Waals surface area contributed by atoms with E-state index >= 15 is 0 Å². The lowest BCUT2D eigenvalue weighted by Gasteiger charge is -2.08. The van der Waals surface area contributed by atoms with Gasteiger partial charge in [0.1, 0.15) is 4.83 Å². The van der Waals surface area contributed by atoms with Crippen molar-refractivity contribution in [2.75, 3.05) is 11.1 Å². The molecule has 0 atom stereocenters. The molecule has 0 saturated carbocycles. The SMILES string of the molecule is Cc1ccc([N+](=O)[O-])cc1NC(=O)CSc1nc2scc(-c3ccccc3)c2c(=O)[nH]1. The van der Waals surface area contributed by atoms with Gasteiger partial charge in [0.2, 0.25) is 5.91 Å². The number of rotatable bonds is 6. The van der Waals surface area contributed by atoms with Crippen LogP contribution in [0.4, 0.5) is 11.4 Å². The van der Waals surface area contributed by atoms with Crippen LogP contribution in [-0.4, -0.2) is 26.6 Å². The summed E-state index contributed by atoms with van der Waals surface area (Å²) >= 11 is 2.46. The normalized spacial score (nSPS) is 10.9. The van der Waals surface area contributed by atoms with E-state index in [-0.39, 0.29) is 22.9 Å². The highest BCUT2D eigenvalue weighted by atomic mass is 32.2. The molecule has 0 aliphatic heterocycles. The molecule has 0 spiro atoms.